The van der Waals surface area contributed by atoms with Gasteiger partial charge >= 0.3 is 0 Å². The maximum atomic E-state index is 12.7. The maximum Gasteiger partial charge on any atom is 0.253 e. The van der Waals surface area contributed by atoms with Gasteiger partial charge in [-0.1, -0.05) is 18.2 Å². The molecular formula is C18H19NO4S. The maximum absolute atomic E-state index is 12.7. The fraction of sp³-hybridized carbons (Fsp3) is 0.278. The minimum atomic E-state index is -3.41. The van der Waals surface area contributed by atoms with Crippen molar-refractivity contribution in [2.24, 2.45) is 0 Å². The standard InChI is InChI=1S/C18H19NO4S/c1-23-15-9-7-14(8-10-15)18(20)19-12-11-17(13-19)24(21,22)16-5-3-2-4-6-16/h2-10,17H,11-13H2,1H3/t17-/m1/s1. The molecule has 3 rings (SSSR count). The molecule has 2 aromatic carbocycles. The predicted octanol–water partition coefficient (Wildman–Crippen LogP) is 2.38. The van der Waals surface area contributed by atoms with Gasteiger partial charge in [-0.25, -0.2) is 8.42 Å². The lowest BCUT2D eigenvalue weighted by Crippen LogP contribution is -2.31. The van der Waals surface area contributed by atoms with Gasteiger partial charge in [0.2, 0.25) is 0 Å². The highest BCUT2D eigenvalue weighted by Crippen LogP contribution is 2.25. The van der Waals surface area contributed by atoms with Gasteiger partial charge in [0.25, 0.3) is 5.91 Å². The van der Waals surface area contributed by atoms with Crippen LogP contribution in [-0.2, 0) is 9.84 Å². The molecule has 1 aliphatic heterocycles. The van der Waals surface area contributed by atoms with E-state index in [9.17, 15) is 13.2 Å². The first kappa shape index (κ1) is 16.5. The summed E-state index contributed by atoms with van der Waals surface area (Å²) in [4.78, 5) is 14.5. The molecule has 0 radical (unpaired) electrons. The van der Waals surface area contributed by atoms with Gasteiger partial charge in [-0.3, -0.25) is 4.79 Å². The second-order valence-corrected chi connectivity index (χ2v) is 7.98. The SMILES string of the molecule is COc1ccc(C(=O)N2CC[C@@H](S(=O)(=O)c3ccccc3)C2)cc1. The number of ether oxygens (including phenoxy) is 1. The van der Waals surface area contributed by atoms with E-state index in [1.807, 2.05) is 0 Å². The molecule has 1 saturated heterocycles. The highest BCUT2D eigenvalue weighted by Gasteiger charge is 2.36. The Kier molecular flexibility index (Phi) is 4.57. The van der Waals surface area contributed by atoms with Crippen molar-refractivity contribution in [3.8, 4) is 5.75 Å². The Bertz CT molecular complexity index is 816. The summed E-state index contributed by atoms with van der Waals surface area (Å²) >= 11 is 0. The number of sulfone groups is 1. The van der Waals surface area contributed by atoms with Gasteiger partial charge < -0.3 is 9.64 Å². The molecule has 1 amide bonds. The average Bonchev–Trinajstić information content (AvgIpc) is 3.13. The van der Waals surface area contributed by atoms with Gasteiger partial charge in [0.05, 0.1) is 17.3 Å². The molecule has 1 fully saturated rings. The van der Waals surface area contributed by atoms with Gasteiger partial charge in [0, 0.05) is 18.7 Å². The van der Waals surface area contributed by atoms with E-state index >= 15 is 0 Å². The summed E-state index contributed by atoms with van der Waals surface area (Å²) in [5, 5.41) is -0.554. The van der Waals surface area contributed by atoms with E-state index in [0.717, 1.165) is 0 Å². The second-order valence-electron chi connectivity index (χ2n) is 5.75. The lowest BCUT2D eigenvalue weighted by Gasteiger charge is -2.17. The summed E-state index contributed by atoms with van der Waals surface area (Å²) in [5.41, 5.74) is 0.536. The van der Waals surface area contributed by atoms with E-state index in [-0.39, 0.29) is 12.5 Å². The Hall–Kier alpha value is -2.34. The fourth-order valence-electron chi connectivity index (χ4n) is 2.88. The molecule has 6 heteroatoms. The van der Waals surface area contributed by atoms with Crippen molar-refractivity contribution in [1.29, 1.82) is 0 Å². The van der Waals surface area contributed by atoms with Crippen molar-refractivity contribution in [2.75, 3.05) is 20.2 Å². The number of hydrogen-bond acceptors (Lipinski definition) is 4. The van der Waals surface area contributed by atoms with E-state index in [4.69, 9.17) is 4.74 Å². The number of carbonyl (C=O) groups excluding carboxylic acids is 1. The van der Waals surface area contributed by atoms with Crippen molar-refractivity contribution in [3.05, 3.63) is 60.2 Å². The summed E-state index contributed by atoms with van der Waals surface area (Å²) in [5.74, 6) is 0.529. The van der Waals surface area contributed by atoms with Gasteiger partial charge in [-0.15, -0.1) is 0 Å². The third-order valence-electron chi connectivity index (χ3n) is 4.28. The smallest absolute Gasteiger partial charge is 0.253 e. The minimum absolute atomic E-state index is 0.150. The molecule has 0 aliphatic carbocycles. The van der Waals surface area contributed by atoms with Gasteiger partial charge in [-0.2, -0.15) is 0 Å². The molecule has 1 atom stereocenters. The van der Waals surface area contributed by atoms with Crippen LogP contribution in [0.2, 0.25) is 0 Å². The quantitative estimate of drug-likeness (QED) is 0.853. The zero-order chi connectivity index (χ0) is 17.2. The number of likely N-dealkylation sites (tertiary alicyclic amines) is 1. The zero-order valence-electron chi connectivity index (χ0n) is 13.4. The topological polar surface area (TPSA) is 63.7 Å². The highest BCUT2D eigenvalue weighted by atomic mass is 32.2. The molecule has 0 saturated carbocycles. The van der Waals surface area contributed by atoms with E-state index < -0.39 is 15.1 Å². The monoisotopic (exact) mass is 345 g/mol. The van der Waals surface area contributed by atoms with Crippen LogP contribution in [0.15, 0.2) is 59.5 Å². The van der Waals surface area contributed by atoms with E-state index in [1.54, 1.807) is 66.6 Å². The Morgan fingerprint density at radius 1 is 1.08 bits per heavy atom. The van der Waals surface area contributed by atoms with Crippen molar-refractivity contribution < 1.29 is 17.9 Å². The number of nitrogens with zero attached hydrogens (tertiary/aromatic N) is 1. The number of methoxy groups -OCH3 is 1. The molecule has 1 aliphatic rings. The Labute approximate surface area is 141 Å². The zero-order valence-corrected chi connectivity index (χ0v) is 14.2. The van der Waals surface area contributed by atoms with Crippen LogP contribution < -0.4 is 4.74 Å². The van der Waals surface area contributed by atoms with Crippen molar-refractivity contribution in [3.63, 3.8) is 0 Å². The molecule has 0 unspecified atom stereocenters. The van der Waals surface area contributed by atoms with Crippen LogP contribution in [0, 0.1) is 0 Å². The molecule has 126 valence electrons. The molecule has 0 bridgehead atoms. The predicted molar refractivity (Wildman–Crippen MR) is 90.9 cm³/mol. The number of benzene rings is 2. The third kappa shape index (κ3) is 3.14. The molecule has 1 heterocycles. The number of rotatable bonds is 4. The van der Waals surface area contributed by atoms with Crippen LogP contribution in [0.25, 0.3) is 0 Å². The molecule has 0 spiro atoms. The first-order valence-corrected chi connectivity index (χ1v) is 9.29. The van der Waals surface area contributed by atoms with Crippen molar-refractivity contribution in [2.45, 2.75) is 16.6 Å². The van der Waals surface area contributed by atoms with Crippen LogP contribution >= 0.6 is 0 Å². The molecule has 0 N–H and O–H groups in total. The second kappa shape index (κ2) is 6.65. The summed E-state index contributed by atoms with van der Waals surface area (Å²) in [7, 11) is -1.85. The van der Waals surface area contributed by atoms with Crippen molar-refractivity contribution >= 4 is 15.7 Å². The molecule has 2 aromatic rings. The van der Waals surface area contributed by atoms with Crippen LogP contribution in [0.4, 0.5) is 0 Å². The number of carbonyl (C=O) groups is 1. The van der Waals surface area contributed by atoms with E-state index in [1.165, 1.54) is 0 Å². The highest BCUT2D eigenvalue weighted by molar-refractivity contribution is 7.92. The number of hydrogen-bond donors (Lipinski definition) is 0. The lowest BCUT2D eigenvalue weighted by molar-refractivity contribution is 0.0793. The lowest BCUT2D eigenvalue weighted by atomic mass is 10.2. The van der Waals surface area contributed by atoms with Crippen LogP contribution in [0.5, 0.6) is 5.75 Å². The van der Waals surface area contributed by atoms with Crippen LogP contribution in [-0.4, -0.2) is 44.7 Å². The molecule has 24 heavy (non-hydrogen) atoms. The summed E-state index contributed by atoms with van der Waals surface area (Å²) in [6.07, 6.45) is 0.457. The largest absolute Gasteiger partial charge is 0.497 e. The van der Waals surface area contributed by atoms with Gasteiger partial charge in [0.1, 0.15) is 5.75 Å². The van der Waals surface area contributed by atoms with E-state index in [0.29, 0.717) is 29.2 Å². The summed E-state index contributed by atoms with van der Waals surface area (Å²) < 4.78 is 30.4. The first-order chi connectivity index (χ1) is 11.5. The summed E-state index contributed by atoms with van der Waals surface area (Å²) in [6.45, 7) is 0.670. The Morgan fingerprint density at radius 2 is 1.75 bits per heavy atom. The van der Waals surface area contributed by atoms with Crippen LogP contribution in [0.3, 0.4) is 0 Å². The number of amides is 1. The molecule has 0 aromatic heterocycles. The van der Waals surface area contributed by atoms with E-state index in [2.05, 4.69) is 0 Å². The average molecular weight is 345 g/mol. The van der Waals surface area contributed by atoms with Gasteiger partial charge in [-0.05, 0) is 42.8 Å². The fourth-order valence-corrected chi connectivity index (χ4v) is 4.60. The molecular weight excluding hydrogens is 326 g/mol. The normalized spacial score (nSPS) is 17.7. The molecule has 5 nitrogen and oxygen atoms in total. The first-order valence-electron chi connectivity index (χ1n) is 7.74. The van der Waals surface area contributed by atoms with Gasteiger partial charge in [0.15, 0.2) is 9.84 Å². The Balaban J connectivity index is 1.74. The van der Waals surface area contributed by atoms with Crippen molar-refractivity contribution in [1.82, 2.24) is 4.90 Å². The van der Waals surface area contributed by atoms with Crippen LogP contribution in [0.1, 0.15) is 16.8 Å². The Morgan fingerprint density at radius 3 is 2.38 bits per heavy atom. The third-order valence-corrected chi connectivity index (χ3v) is 6.47. The minimum Gasteiger partial charge on any atom is -0.497 e. The summed E-state index contributed by atoms with van der Waals surface area (Å²) in [6, 6.07) is 15.2.